The van der Waals surface area contributed by atoms with E-state index >= 15 is 0 Å². The Morgan fingerprint density at radius 2 is 1.71 bits per heavy atom. The van der Waals surface area contributed by atoms with Crippen LogP contribution in [0.2, 0.25) is 5.02 Å². The Kier molecular flexibility index (Phi) is 7.47. The van der Waals surface area contributed by atoms with Gasteiger partial charge in [-0.2, -0.15) is 4.98 Å². The third kappa shape index (κ3) is 5.68. The Hall–Kier alpha value is -1.64. The molecule has 3 aromatic rings. The van der Waals surface area contributed by atoms with Gasteiger partial charge >= 0.3 is 43.1 Å². The van der Waals surface area contributed by atoms with Crippen molar-refractivity contribution in [3.63, 3.8) is 0 Å². The fourth-order valence-electron chi connectivity index (χ4n) is 2.42. The van der Waals surface area contributed by atoms with E-state index in [2.05, 4.69) is 14.5 Å². The molecule has 0 radical (unpaired) electrons. The van der Waals surface area contributed by atoms with Crippen LogP contribution in [0.15, 0.2) is 53.3 Å². The topological polar surface area (TPSA) is 122 Å². The number of hydrogen-bond acceptors (Lipinski definition) is 5. The fourth-order valence-corrected chi connectivity index (χ4v) is 2.95. The van der Waals surface area contributed by atoms with Gasteiger partial charge in [0.05, 0.1) is 18.5 Å². The Balaban J connectivity index is 0.00000210. The number of nitrogens with one attached hydrogen (secondary N) is 1. The SMILES string of the molecule is COc1cc(-c2cc(-c3ccc(Cl)cc3)[nH]c(=O)n2)ccc1OP(=O)(O)O.[H-].[Na+]. The molecule has 0 atom stereocenters. The van der Waals surface area contributed by atoms with Crippen molar-refractivity contribution >= 4 is 19.4 Å². The Labute approximate surface area is 188 Å². The molecule has 0 saturated heterocycles. The average Bonchev–Trinajstić information content (AvgIpc) is 2.61. The van der Waals surface area contributed by atoms with E-state index in [1.54, 1.807) is 30.3 Å². The van der Waals surface area contributed by atoms with Crippen LogP contribution in [0, 0.1) is 0 Å². The molecule has 0 unspecified atom stereocenters. The van der Waals surface area contributed by atoms with E-state index < -0.39 is 13.5 Å². The number of nitrogens with zero attached hydrogens (tertiary/aromatic N) is 1. The molecule has 0 fully saturated rings. The second-order valence-electron chi connectivity index (χ2n) is 5.44. The van der Waals surface area contributed by atoms with Gasteiger partial charge < -0.3 is 15.7 Å². The van der Waals surface area contributed by atoms with Gasteiger partial charge in [0.2, 0.25) is 0 Å². The molecule has 3 N–H and O–H groups in total. The Morgan fingerprint density at radius 3 is 2.32 bits per heavy atom. The van der Waals surface area contributed by atoms with Crippen molar-refractivity contribution in [3.8, 4) is 34.0 Å². The number of ether oxygens (including phenoxy) is 1. The van der Waals surface area contributed by atoms with Gasteiger partial charge in [0.1, 0.15) is 0 Å². The number of hydrogen-bond donors (Lipinski definition) is 3. The van der Waals surface area contributed by atoms with Crippen molar-refractivity contribution < 1.29 is 54.6 Å². The smallest absolute Gasteiger partial charge is 1.00 e. The zero-order valence-corrected chi connectivity index (χ0v) is 18.6. The van der Waals surface area contributed by atoms with Crippen molar-refractivity contribution in [1.29, 1.82) is 0 Å². The number of phosphoric acid groups is 1. The molecule has 0 aliphatic heterocycles. The van der Waals surface area contributed by atoms with Gasteiger partial charge in [-0.05, 0) is 42.0 Å². The summed E-state index contributed by atoms with van der Waals surface area (Å²) >= 11 is 5.89. The standard InChI is InChI=1S/C17H14ClN2O6P.Na.H/c1-25-16-8-11(4-7-15(16)26-27(22,23)24)14-9-13(19-17(21)20-14)10-2-5-12(18)6-3-10;;/h2-9H,1H3,(H,19,20,21)(H2,22,23,24);;/q;+1;-1. The molecule has 0 spiro atoms. The van der Waals surface area contributed by atoms with Gasteiger partial charge in [-0.15, -0.1) is 0 Å². The molecule has 3 rings (SSSR count). The third-order valence-corrected chi connectivity index (χ3v) is 4.26. The second-order valence-corrected chi connectivity index (χ2v) is 7.04. The molecule has 1 aromatic heterocycles. The maximum atomic E-state index is 12.0. The number of phosphoric ester groups is 1. The first-order chi connectivity index (χ1) is 12.7. The first-order valence-electron chi connectivity index (χ1n) is 7.56. The number of benzene rings is 2. The summed E-state index contributed by atoms with van der Waals surface area (Å²) < 4.78 is 20.7. The normalized spacial score (nSPS) is 10.9. The molecule has 8 nitrogen and oxygen atoms in total. The summed E-state index contributed by atoms with van der Waals surface area (Å²) in [5.41, 5.74) is 1.59. The number of halogens is 1. The summed E-state index contributed by atoms with van der Waals surface area (Å²) in [4.78, 5) is 36.5. The largest absolute Gasteiger partial charge is 1.00 e. The molecule has 28 heavy (non-hydrogen) atoms. The maximum absolute atomic E-state index is 12.0. The zero-order valence-electron chi connectivity index (χ0n) is 15.9. The van der Waals surface area contributed by atoms with Crippen LogP contribution in [0.25, 0.3) is 22.5 Å². The van der Waals surface area contributed by atoms with Crippen molar-refractivity contribution in [2.75, 3.05) is 7.11 Å². The van der Waals surface area contributed by atoms with E-state index in [9.17, 15) is 9.36 Å². The van der Waals surface area contributed by atoms with E-state index in [1.807, 2.05) is 0 Å². The van der Waals surface area contributed by atoms with E-state index in [-0.39, 0.29) is 42.5 Å². The summed E-state index contributed by atoms with van der Waals surface area (Å²) in [6, 6.07) is 12.9. The Morgan fingerprint density at radius 1 is 1.07 bits per heavy atom. The van der Waals surface area contributed by atoms with Gasteiger partial charge in [0, 0.05) is 10.6 Å². The molecule has 0 saturated carbocycles. The number of H-pyrrole nitrogens is 1. The molecular weight excluding hydrogens is 418 g/mol. The molecule has 0 amide bonds. The van der Waals surface area contributed by atoms with E-state index in [4.69, 9.17) is 26.1 Å². The minimum Gasteiger partial charge on any atom is -1.00 e. The van der Waals surface area contributed by atoms with E-state index in [1.165, 1.54) is 25.3 Å². The molecule has 0 aliphatic carbocycles. The number of methoxy groups -OCH3 is 1. The summed E-state index contributed by atoms with van der Waals surface area (Å²) in [5, 5.41) is 0.570. The summed E-state index contributed by atoms with van der Waals surface area (Å²) in [7, 11) is -3.41. The summed E-state index contributed by atoms with van der Waals surface area (Å²) in [6.45, 7) is 0. The molecular formula is C17H15ClN2NaO6P. The van der Waals surface area contributed by atoms with Crippen LogP contribution in [0.3, 0.4) is 0 Å². The van der Waals surface area contributed by atoms with Gasteiger partial charge in [0.15, 0.2) is 11.5 Å². The molecule has 0 aliphatic rings. The van der Waals surface area contributed by atoms with Crippen LogP contribution in [0.1, 0.15) is 1.43 Å². The van der Waals surface area contributed by atoms with Crippen LogP contribution in [-0.4, -0.2) is 26.9 Å². The minimum absolute atomic E-state index is 0. The Bertz CT molecular complexity index is 1090. The van der Waals surface area contributed by atoms with E-state index in [0.29, 0.717) is 22.0 Å². The number of rotatable bonds is 5. The fraction of sp³-hybridized carbons (Fsp3) is 0.0588. The predicted molar refractivity (Wildman–Crippen MR) is 101 cm³/mol. The van der Waals surface area contributed by atoms with Crippen molar-refractivity contribution in [3.05, 3.63) is 64.0 Å². The first kappa shape index (κ1) is 22.6. The molecule has 1 heterocycles. The predicted octanol–water partition coefficient (Wildman–Crippen LogP) is 0.354. The van der Waals surface area contributed by atoms with Gasteiger partial charge in [-0.3, -0.25) is 9.79 Å². The quantitative estimate of drug-likeness (QED) is 0.393. The minimum atomic E-state index is -4.74. The van der Waals surface area contributed by atoms with Crippen molar-refractivity contribution in [2.24, 2.45) is 0 Å². The second kappa shape index (κ2) is 9.24. The van der Waals surface area contributed by atoms with Gasteiger partial charge in [-0.1, -0.05) is 23.7 Å². The first-order valence-corrected chi connectivity index (χ1v) is 9.47. The number of aromatic nitrogens is 2. The van der Waals surface area contributed by atoms with Crippen LogP contribution in [0.5, 0.6) is 11.5 Å². The average molecular weight is 433 g/mol. The summed E-state index contributed by atoms with van der Waals surface area (Å²) in [6.07, 6.45) is 0. The van der Waals surface area contributed by atoms with Gasteiger partial charge in [-0.25, -0.2) is 9.36 Å². The molecule has 11 heteroatoms. The van der Waals surface area contributed by atoms with Crippen LogP contribution >= 0.6 is 19.4 Å². The van der Waals surface area contributed by atoms with Crippen molar-refractivity contribution in [1.82, 2.24) is 9.97 Å². The van der Waals surface area contributed by atoms with Crippen molar-refractivity contribution in [2.45, 2.75) is 0 Å². The molecule has 142 valence electrons. The van der Waals surface area contributed by atoms with E-state index in [0.717, 1.165) is 5.56 Å². The monoisotopic (exact) mass is 432 g/mol. The third-order valence-electron chi connectivity index (χ3n) is 3.58. The molecule has 0 bridgehead atoms. The van der Waals surface area contributed by atoms with Crippen LogP contribution < -0.4 is 44.5 Å². The zero-order chi connectivity index (χ0) is 19.6. The number of aromatic amines is 1. The van der Waals surface area contributed by atoms with Gasteiger partial charge in [0.25, 0.3) is 0 Å². The molecule has 2 aromatic carbocycles. The summed E-state index contributed by atoms with van der Waals surface area (Å²) in [5.74, 6) is -0.0386. The van der Waals surface area contributed by atoms with Crippen LogP contribution in [0.4, 0.5) is 0 Å². The maximum Gasteiger partial charge on any atom is 1.00 e. The van der Waals surface area contributed by atoms with Crippen LogP contribution in [-0.2, 0) is 4.57 Å².